The predicted molar refractivity (Wildman–Crippen MR) is 61.2 cm³/mol. The summed E-state index contributed by atoms with van der Waals surface area (Å²) in [7, 11) is 0. The normalized spacial score (nSPS) is 12.4. The average molecular weight is 233 g/mol. The lowest BCUT2D eigenvalue weighted by atomic mass is 10.2. The van der Waals surface area contributed by atoms with E-state index < -0.39 is 0 Å². The summed E-state index contributed by atoms with van der Waals surface area (Å²) in [6.07, 6.45) is 1.48. The van der Waals surface area contributed by atoms with Crippen molar-refractivity contribution in [3.8, 4) is 0 Å². The molecule has 96 valence electrons. The molecule has 0 saturated carbocycles. The van der Waals surface area contributed by atoms with E-state index in [2.05, 4.69) is 5.32 Å². The number of ether oxygens (including phenoxy) is 2. The van der Waals surface area contributed by atoms with Gasteiger partial charge in [0.1, 0.15) is 6.61 Å². The Morgan fingerprint density at radius 3 is 2.81 bits per heavy atom. The zero-order valence-corrected chi connectivity index (χ0v) is 10.2. The van der Waals surface area contributed by atoms with Crippen LogP contribution in [-0.4, -0.2) is 50.1 Å². The molecule has 0 aliphatic heterocycles. The van der Waals surface area contributed by atoms with Gasteiger partial charge in [-0.3, -0.25) is 0 Å². The molecule has 0 aromatic rings. The molecule has 2 N–H and O–H groups in total. The Labute approximate surface area is 97.1 Å². The second kappa shape index (κ2) is 10.9. The number of aliphatic hydroxyl groups excluding tert-OH is 1. The molecule has 0 aromatic heterocycles. The lowest BCUT2D eigenvalue weighted by Gasteiger charge is -2.10. The van der Waals surface area contributed by atoms with Gasteiger partial charge < -0.3 is 19.9 Å². The molecular weight excluding hydrogens is 210 g/mol. The number of aliphatic hydroxyl groups is 1. The van der Waals surface area contributed by atoms with Crippen molar-refractivity contribution in [1.29, 1.82) is 0 Å². The summed E-state index contributed by atoms with van der Waals surface area (Å²) >= 11 is 0. The predicted octanol–water partition coefficient (Wildman–Crippen LogP) is 0.317. The zero-order chi connectivity index (χ0) is 12.2. The fourth-order valence-corrected chi connectivity index (χ4v) is 1.21. The minimum atomic E-state index is -0.339. The van der Waals surface area contributed by atoms with Crippen LogP contribution in [0.1, 0.15) is 26.7 Å². The maximum absolute atomic E-state index is 10.9. The Kier molecular flexibility index (Phi) is 10.4. The minimum absolute atomic E-state index is 0.00691. The summed E-state index contributed by atoms with van der Waals surface area (Å²) in [5, 5.41) is 12.4. The minimum Gasteiger partial charge on any atom is -0.464 e. The molecule has 0 heterocycles. The topological polar surface area (TPSA) is 67.8 Å². The molecule has 0 radical (unpaired) electrons. The van der Waals surface area contributed by atoms with Crippen molar-refractivity contribution in [2.75, 3.05) is 32.9 Å². The molecule has 0 saturated heterocycles. The van der Waals surface area contributed by atoms with Crippen LogP contribution >= 0.6 is 0 Å². The van der Waals surface area contributed by atoms with Crippen LogP contribution in [0.15, 0.2) is 0 Å². The highest BCUT2D eigenvalue weighted by molar-refractivity contribution is 5.70. The number of hydrogen-bond donors (Lipinski definition) is 2. The number of esters is 1. The maximum atomic E-state index is 10.9. The van der Waals surface area contributed by atoms with E-state index in [-0.39, 0.29) is 18.7 Å². The van der Waals surface area contributed by atoms with Crippen LogP contribution < -0.4 is 5.32 Å². The zero-order valence-electron chi connectivity index (χ0n) is 10.2. The summed E-state index contributed by atoms with van der Waals surface area (Å²) in [4.78, 5) is 10.9. The fourth-order valence-electron chi connectivity index (χ4n) is 1.21. The van der Waals surface area contributed by atoms with Crippen molar-refractivity contribution in [2.45, 2.75) is 32.8 Å². The van der Waals surface area contributed by atoms with Crippen molar-refractivity contribution in [1.82, 2.24) is 5.32 Å². The Bertz CT molecular complexity index is 175. The van der Waals surface area contributed by atoms with Crippen LogP contribution in [0.5, 0.6) is 0 Å². The van der Waals surface area contributed by atoms with E-state index in [0.29, 0.717) is 26.3 Å². The molecule has 0 rings (SSSR count). The lowest BCUT2D eigenvalue weighted by molar-refractivity contribution is -0.148. The molecular formula is C11H23NO4. The molecule has 5 heteroatoms. The fraction of sp³-hybridized carbons (Fsp3) is 0.909. The van der Waals surface area contributed by atoms with E-state index in [1.807, 2.05) is 6.92 Å². The quantitative estimate of drug-likeness (QED) is 0.420. The molecule has 0 spiro atoms. The Hall–Kier alpha value is -0.650. The smallest absolute Gasteiger partial charge is 0.332 e. The molecule has 1 unspecified atom stereocenters. The maximum Gasteiger partial charge on any atom is 0.332 e. The number of carbonyl (C=O) groups excluding carboxylic acids is 1. The number of rotatable bonds is 10. The highest BCUT2D eigenvalue weighted by Crippen LogP contribution is 1.93. The third-order valence-electron chi connectivity index (χ3n) is 1.95. The van der Waals surface area contributed by atoms with Crippen LogP contribution in [0, 0.1) is 0 Å². The first-order chi connectivity index (χ1) is 7.70. The van der Waals surface area contributed by atoms with E-state index in [9.17, 15) is 9.90 Å². The van der Waals surface area contributed by atoms with Gasteiger partial charge in [0.05, 0.1) is 19.3 Å². The highest BCUT2D eigenvalue weighted by atomic mass is 16.6. The van der Waals surface area contributed by atoms with Gasteiger partial charge in [0, 0.05) is 13.1 Å². The largest absolute Gasteiger partial charge is 0.464 e. The molecule has 1 atom stereocenters. The summed E-state index contributed by atoms with van der Waals surface area (Å²) in [5.41, 5.74) is 0. The van der Waals surface area contributed by atoms with Crippen LogP contribution in [0.2, 0.25) is 0 Å². The summed E-state index contributed by atoms with van der Waals surface area (Å²) in [6.45, 7) is 5.80. The van der Waals surface area contributed by atoms with Gasteiger partial charge in [-0.05, 0) is 13.3 Å². The third kappa shape index (κ3) is 9.89. The van der Waals surface area contributed by atoms with Crippen molar-refractivity contribution < 1.29 is 19.4 Å². The molecule has 0 aliphatic carbocycles. The summed E-state index contributed by atoms with van der Waals surface area (Å²) in [6, 6.07) is 0. The van der Waals surface area contributed by atoms with Crippen molar-refractivity contribution >= 4 is 5.97 Å². The van der Waals surface area contributed by atoms with Crippen LogP contribution in [0.3, 0.4) is 0 Å². The van der Waals surface area contributed by atoms with Gasteiger partial charge in [-0.25, -0.2) is 4.79 Å². The van der Waals surface area contributed by atoms with Gasteiger partial charge in [0.25, 0.3) is 0 Å². The van der Waals surface area contributed by atoms with Crippen LogP contribution in [-0.2, 0) is 14.3 Å². The summed E-state index contributed by atoms with van der Waals surface area (Å²) in [5.74, 6) is -0.339. The Morgan fingerprint density at radius 1 is 1.44 bits per heavy atom. The SMILES string of the molecule is CCCC(O)CNCCOCC(=O)OCC. The first kappa shape index (κ1) is 15.3. The van der Waals surface area contributed by atoms with Gasteiger partial charge >= 0.3 is 5.97 Å². The average Bonchev–Trinajstić information content (AvgIpc) is 2.24. The van der Waals surface area contributed by atoms with E-state index in [1.54, 1.807) is 6.92 Å². The van der Waals surface area contributed by atoms with Crippen LogP contribution in [0.25, 0.3) is 0 Å². The second-order valence-electron chi connectivity index (χ2n) is 3.50. The van der Waals surface area contributed by atoms with Crippen molar-refractivity contribution in [3.63, 3.8) is 0 Å². The first-order valence-electron chi connectivity index (χ1n) is 5.82. The number of carbonyl (C=O) groups is 1. The van der Waals surface area contributed by atoms with E-state index in [4.69, 9.17) is 9.47 Å². The van der Waals surface area contributed by atoms with E-state index in [0.717, 1.165) is 12.8 Å². The van der Waals surface area contributed by atoms with Gasteiger partial charge in [0.2, 0.25) is 0 Å². The van der Waals surface area contributed by atoms with E-state index >= 15 is 0 Å². The highest BCUT2D eigenvalue weighted by Gasteiger charge is 2.02. The third-order valence-corrected chi connectivity index (χ3v) is 1.95. The monoisotopic (exact) mass is 233 g/mol. The molecule has 0 bridgehead atoms. The number of hydrogen-bond acceptors (Lipinski definition) is 5. The Balaban J connectivity index is 3.18. The van der Waals surface area contributed by atoms with Gasteiger partial charge in [-0.2, -0.15) is 0 Å². The van der Waals surface area contributed by atoms with E-state index in [1.165, 1.54) is 0 Å². The lowest BCUT2D eigenvalue weighted by Crippen LogP contribution is -2.30. The molecule has 16 heavy (non-hydrogen) atoms. The molecule has 0 aromatic carbocycles. The van der Waals surface area contributed by atoms with Crippen molar-refractivity contribution in [3.05, 3.63) is 0 Å². The summed E-state index contributed by atoms with van der Waals surface area (Å²) < 4.78 is 9.77. The molecule has 5 nitrogen and oxygen atoms in total. The molecule has 0 amide bonds. The molecule has 0 aliphatic rings. The second-order valence-corrected chi connectivity index (χ2v) is 3.50. The Morgan fingerprint density at radius 2 is 2.19 bits per heavy atom. The standard InChI is InChI=1S/C11H23NO4/c1-3-5-10(13)8-12-6-7-15-9-11(14)16-4-2/h10,12-13H,3-9H2,1-2H3. The molecule has 0 fully saturated rings. The van der Waals surface area contributed by atoms with Gasteiger partial charge in [-0.15, -0.1) is 0 Å². The van der Waals surface area contributed by atoms with Gasteiger partial charge in [0.15, 0.2) is 0 Å². The van der Waals surface area contributed by atoms with Crippen LogP contribution in [0.4, 0.5) is 0 Å². The van der Waals surface area contributed by atoms with Crippen molar-refractivity contribution in [2.24, 2.45) is 0 Å². The number of nitrogens with one attached hydrogen (secondary N) is 1. The first-order valence-corrected chi connectivity index (χ1v) is 5.82. The van der Waals surface area contributed by atoms with Gasteiger partial charge in [-0.1, -0.05) is 13.3 Å².